The van der Waals surface area contributed by atoms with Crippen molar-refractivity contribution in [3.63, 3.8) is 0 Å². The van der Waals surface area contributed by atoms with Crippen molar-refractivity contribution in [3.05, 3.63) is 45.8 Å². The number of carbonyl (C=O) groups excluding carboxylic acids is 1. The minimum Gasteiger partial charge on any atom is -0.542 e. The molecule has 0 saturated carbocycles. The lowest BCUT2D eigenvalue weighted by atomic mass is 10.4. The first-order chi connectivity index (χ1) is 9.52. The van der Waals surface area contributed by atoms with Crippen molar-refractivity contribution in [2.45, 2.75) is 5.75 Å². The molecule has 0 amide bonds. The van der Waals surface area contributed by atoms with Crippen LogP contribution in [0.15, 0.2) is 28.6 Å². The van der Waals surface area contributed by atoms with Gasteiger partial charge in [0.1, 0.15) is 17.5 Å². The maximum absolute atomic E-state index is 10.5. The van der Waals surface area contributed by atoms with Crippen LogP contribution in [0.25, 0.3) is 0 Å². The number of rotatable bonds is 9. The summed E-state index contributed by atoms with van der Waals surface area (Å²) in [4.78, 5) is 20.2. The fraction of sp³-hybridized carbons (Fsp3) is 0.364. The highest BCUT2D eigenvalue weighted by atomic mass is 32.2. The van der Waals surface area contributed by atoms with Gasteiger partial charge in [-0.1, -0.05) is 0 Å². The van der Waals surface area contributed by atoms with Gasteiger partial charge in [0.15, 0.2) is 5.82 Å². The Kier molecular flexibility index (Phi) is 6.44. The standard InChI is InChI=1S/C11H15N3O5S/c1-12-10(6-14(17)18)13-4-5-20-7-8-2-3-9(19-8)11(15)16/h2-3,6,12-13H,4-5,7H2,1H3,(H,15,16)/p-1/b10-6+. The van der Waals surface area contributed by atoms with Crippen molar-refractivity contribution >= 4 is 17.7 Å². The van der Waals surface area contributed by atoms with Crippen molar-refractivity contribution in [1.29, 1.82) is 0 Å². The number of thioether (sulfide) groups is 1. The molecule has 1 aromatic heterocycles. The predicted molar refractivity (Wildman–Crippen MR) is 71.3 cm³/mol. The molecular formula is C11H14N3O5S-. The van der Waals surface area contributed by atoms with Crippen molar-refractivity contribution in [3.8, 4) is 0 Å². The van der Waals surface area contributed by atoms with Gasteiger partial charge in [0.2, 0.25) is 0 Å². The number of carboxylic acid groups (broad SMARTS) is 1. The van der Waals surface area contributed by atoms with Crippen LogP contribution in [0.3, 0.4) is 0 Å². The minimum absolute atomic E-state index is 0.190. The van der Waals surface area contributed by atoms with Crippen molar-refractivity contribution < 1.29 is 19.2 Å². The summed E-state index contributed by atoms with van der Waals surface area (Å²) in [5.41, 5.74) is 0. The van der Waals surface area contributed by atoms with Crippen molar-refractivity contribution in [1.82, 2.24) is 10.6 Å². The average Bonchev–Trinajstić information content (AvgIpc) is 2.85. The molecule has 0 fully saturated rings. The lowest BCUT2D eigenvalue weighted by molar-refractivity contribution is -0.404. The van der Waals surface area contributed by atoms with Gasteiger partial charge in [-0.2, -0.15) is 11.8 Å². The summed E-state index contributed by atoms with van der Waals surface area (Å²) in [6, 6.07) is 2.93. The van der Waals surface area contributed by atoms with E-state index in [0.29, 0.717) is 29.6 Å². The number of furan rings is 1. The third-order valence-electron chi connectivity index (χ3n) is 2.17. The Bertz CT molecular complexity index is 500. The molecule has 0 bridgehead atoms. The summed E-state index contributed by atoms with van der Waals surface area (Å²) in [5, 5.41) is 26.3. The number of hydrogen-bond donors (Lipinski definition) is 2. The molecule has 8 nitrogen and oxygen atoms in total. The molecule has 0 aliphatic heterocycles. The first-order valence-electron chi connectivity index (χ1n) is 5.67. The highest BCUT2D eigenvalue weighted by molar-refractivity contribution is 7.98. The van der Waals surface area contributed by atoms with Crippen LogP contribution < -0.4 is 15.7 Å². The molecule has 20 heavy (non-hydrogen) atoms. The highest BCUT2D eigenvalue weighted by Crippen LogP contribution is 2.14. The number of aromatic carboxylic acids is 1. The van der Waals surface area contributed by atoms with Gasteiger partial charge < -0.3 is 25.0 Å². The second kappa shape index (κ2) is 8.10. The Labute approximate surface area is 119 Å². The Morgan fingerprint density at radius 1 is 1.55 bits per heavy atom. The fourth-order valence-corrected chi connectivity index (χ4v) is 2.05. The van der Waals surface area contributed by atoms with E-state index in [2.05, 4.69) is 10.6 Å². The Hall–Kier alpha value is -2.16. The maximum atomic E-state index is 10.5. The van der Waals surface area contributed by atoms with Crippen LogP contribution in [0.5, 0.6) is 0 Å². The smallest absolute Gasteiger partial charge is 0.274 e. The molecule has 0 aromatic carbocycles. The molecule has 1 heterocycles. The number of hydrogen-bond acceptors (Lipinski definition) is 8. The van der Waals surface area contributed by atoms with Gasteiger partial charge in [-0.25, -0.2) is 0 Å². The monoisotopic (exact) mass is 300 g/mol. The van der Waals surface area contributed by atoms with Crippen LogP contribution in [-0.4, -0.2) is 30.2 Å². The quantitative estimate of drug-likeness (QED) is 0.364. The van der Waals surface area contributed by atoms with E-state index < -0.39 is 10.9 Å². The van der Waals surface area contributed by atoms with Crippen molar-refractivity contribution in [2.75, 3.05) is 19.3 Å². The highest BCUT2D eigenvalue weighted by Gasteiger charge is 2.03. The molecule has 0 unspecified atom stereocenters. The van der Waals surface area contributed by atoms with E-state index in [0.717, 1.165) is 6.20 Å². The molecule has 2 N–H and O–H groups in total. The molecule has 1 aromatic rings. The SMILES string of the molecule is CN/C(=C\[N+](=O)[O-])NCCSCc1ccc(C(=O)[O-])o1. The lowest BCUT2D eigenvalue weighted by Crippen LogP contribution is -2.26. The molecule has 0 spiro atoms. The van der Waals surface area contributed by atoms with Gasteiger partial charge in [-0.3, -0.25) is 10.1 Å². The zero-order valence-corrected chi connectivity index (χ0v) is 11.6. The Balaban J connectivity index is 2.24. The molecule has 0 saturated heterocycles. The largest absolute Gasteiger partial charge is 0.542 e. The summed E-state index contributed by atoms with van der Waals surface area (Å²) in [5.74, 6) is 0.536. The zero-order chi connectivity index (χ0) is 15.0. The second-order valence-electron chi connectivity index (χ2n) is 3.61. The molecule has 0 aliphatic carbocycles. The number of nitrogens with one attached hydrogen (secondary N) is 2. The van der Waals surface area contributed by atoms with Crippen LogP contribution in [0.1, 0.15) is 16.3 Å². The van der Waals surface area contributed by atoms with Gasteiger partial charge in [0.05, 0.1) is 10.7 Å². The summed E-state index contributed by atoms with van der Waals surface area (Å²) in [6.07, 6.45) is 0.851. The number of nitrogens with zero attached hydrogens (tertiary/aromatic N) is 1. The van der Waals surface area contributed by atoms with E-state index in [9.17, 15) is 20.0 Å². The van der Waals surface area contributed by atoms with E-state index in [1.807, 2.05) is 0 Å². The Morgan fingerprint density at radius 3 is 2.85 bits per heavy atom. The van der Waals surface area contributed by atoms with Crippen LogP contribution in [0, 0.1) is 10.1 Å². The van der Waals surface area contributed by atoms with E-state index in [1.54, 1.807) is 13.1 Å². The number of carbonyl (C=O) groups is 1. The van der Waals surface area contributed by atoms with Gasteiger partial charge in [-0.05, 0) is 12.1 Å². The molecule has 0 atom stereocenters. The summed E-state index contributed by atoms with van der Waals surface area (Å²) in [7, 11) is 1.58. The van der Waals surface area contributed by atoms with E-state index >= 15 is 0 Å². The molecular weight excluding hydrogens is 286 g/mol. The molecule has 0 radical (unpaired) electrons. The summed E-state index contributed by atoms with van der Waals surface area (Å²) in [6.45, 7) is 0.527. The van der Waals surface area contributed by atoms with E-state index in [4.69, 9.17) is 4.42 Å². The summed E-state index contributed by atoms with van der Waals surface area (Å²) >= 11 is 1.51. The third kappa shape index (κ3) is 5.65. The van der Waals surface area contributed by atoms with Crippen molar-refractivity contribution in [2.24, 2.45) is 0 Å². The van der Waals surface area contributed by atoms with E-state index in [1.165, 1.54) is 17.8 Å². The molecule has 9 heteroatoms. The first-order valence-corrected chi connectivity index (χ1v) is 6.83. The van der Waals surface area contributed by atoms with Crippen LogP contribution in [-0.2, 0) is 5.75 Å². The van der Waals surface area contributed by atoms with Crippen LogP contribution >= 0.6 is 11.8 Å². The molecule has 1 rings (SSSR count). The second-order valence-corrected chi connectivity index (χ2v) is 4.72. The van der Waals surface area contributed by atoms with Gasteiger partial charge in [0, 0.05) is 19.3 Å². The average molecular weight is 300 g/mol. The predicted octanol–water partition coefficient (Wildman–Crippen LogP) is -0.239. The van der Waals surface area contributed by atoms with Crippen LogP contribution in [0.4, 0.5) is 0 Å². The third-order valence-corrected chi connectivity index (χ3v) is 3.15. The molecule has 110 valence electrons. The van der Waals surface area contributed by atoms with Gasteiger partial charge in [-0.15, -0.1) is 0 Å². The maximum Gasteiger partial charge on any atom is 0.274 e. The molecule has 0 aliphatic rings. The summed E-state index contributed by atoms with van der Waals surface area (Å²) < 4.78 is 5.03. The first kappa shape index (κ1) is 15.9. The number of carboxylic acids is 1. The van der Waals surface area contributed by atoms with Gasteiger partial charge in [0.25, 0.3) is 6.20 Å². The minimum atomic E-state index is -1.34. The zero-order valence-electron chi connectivity index (χ0n) is 10.8. The van der Waals surface area contributed by atoms with Crippen LogP contribution in [0.2, 0.25) is 0 Å². The van der Waals surface area contributed by atoms with Gasteiger partial charge >= 0.3 is 0 Å². The normalized spacial score (nSPS) is 11.2. The lowest BCUT2D eigenvalue weighted by Gasteiger charge is -2.07. The fourth-order valence-electron chi connectivity index (χ4n) is 1.30. The topological polar surface area (TPSA) is 120 Å². The number of nitro groups is 1. The van der Waals surface area contributed by atoms with E-state index in [-0.39, 0.29) is 5.76 Å². The Morgan fingerprint density at radius 2 is 2.30 bits per heavy atom.